The van der Waals surface area contributed by atoms with Gasteiger partial charge in [-0.2, -0.15) is 0 Å². The average Bonchev–Trinajstić information content (AvgIpc) is 2.63. The molecule has 8 heteroatoms. The van der Waals surface area contributed by atoms with E-state index in [1.165, 1.54) is 6.07 Å². The van der Waals surface area contributed by atoms with E-state index in [-0.39, 0.29) is 35.5 Å². The van der Waals surface area contributed by atoms with E-state index < -0.39 is 9.84 Å². The Morgan fingerprint density at radius 1 is 0.897 bits per heavy atom. The molecule has 0 saturated heterocycles. The number of benzene rings is 2. The minimum atomic E-state index is -3.47. The third-order valence-electron chi connectivity index (χ3n) is 4.25. The number of nitrogens with zero attached hydrogens (tertiary/aromatic N) is 1. The molecule has 0 aromatic heterocycles. The van der Waals surface area contributed by atoms with Crippen LogP contribution in [-0.4, -0.2) is 51.0 Å². The molecule has 2 N–H and O–H groups in total. The Bertz CT molecular complexity index is 973. The molecule has 2 aromatic carbocycles. The second kappa shape index (κ2) is 10.2. The van der Waals surface area contributed by atoms with Gasteiger partial charge in [-0.05, 0) is 43.7 Å². The van der Waals surface area contributed by atoms with E-state index in [1.54, 1.807) is 23.1 Å². The van der Waals surface area contributed by atoms with Gasteiger partial charge < -0.3 is 10.6 Å². The van der Waals surface area contributed by atoms with Gasteiger partial charge in [-0.25, -0.2) is 8.42 Å². The van der Waals surface area contributed by atoms with Crippen molar-refractivity contribution in [2.75, 3.05) is 36.5 Å². The molecule has 0 spiro atoms. The second-order valence-corrected chi connectivity index (χ2v) is 8.87. The molecule has 0 bridgehead atoms. The molecule has 7 nitrogen and oxygen atoms in total. The fraction of sp³-hybridized carbons (Fsp3) is 0.333. The van der Waals surface area contributed by atoms with Crippen LogP contribution in [0.15, 0.2) is 53.4 Å². The molecule has 0 fully saturated rings. The van der Waals surface area contributed by atoms with E-state index in [0.717, 1.165) is 23.9 Å². The smallest absolute Gasteiger partial charge is 0.238 e. The summed E-state index contributed by atoms with van der Waals surface area (Å²) in [6.45, 7) is 4.47. The van der Waals surface area contributed by atoms with Crippen LogP contribution in [0.1, 0.15) is 18.9 Å². The minimum absolute atomic E-state index is 0.0207. The fourth-order valence-corrected chi connectivity index (χ4v) is 3.77. The number of para-hydroxylation sites is 2. The first-order valence-corrected chi connectivity index (χ1v) is 11.3. The summed E-state index contributed by atoms with van der Waals surface area (Å²) < 4.78 is 23.8. The second-order valence-electron chi connectivity index (χ2n) is 6.89. The van der Waals surface area contributed by atoms with Crippen LogP contribution in [0.3, 0.4) is 0 Å². The topological polar surface area (TPSA) is 95.6 Å². The average molecular weight is 418 g/mol. The zero-order chi connectivity index (χ0) is 21.4. The van der Waals surface area contributed by atoms with Crippen LogP contribution >= 0.6 is 0 Å². The highest BCUT2D eigenvalue weighted by Gasteiger charge is 2.18. The third-order valence-corrected chi connectivity index (χ3v) is 5.41. The van der Waals surface area contributed by atoms with Gasteiger partial charge in [0.15, 0.2) is 9.84 Å². The number of carbonyl (C=O) groups excluding carboxylic acids is 2. The summed E-state index contributed by atoms with van der Waals surface area (Å²) in [4.78, 5) is 26.7. The van der Waals surface area contributed by atoms with E-state index in [2.05, 4.69) is 10.6 Å². The summed E-state index contributed by atoms with van der Waals surface area (Å²) in [5.41, 5.74) is 1.93. The third kappa shape index (κ3) is 6.99. The molecule has 0 aliphatic rings. The van der Waals surface area contributed by atoms with Gasteiger partial charge in [-0.1, -0.05) is 37.3 Å². The Kier molecular flexibility index (Phi) is 7.92. The lowest BCUT2D eigenvalue weighted by Gasteiger charge is -2.21. The maximum Gasteiger partial charge on any atom is 0.238 e. The molecule has 0 unspecified atom stereocenters. The van der Waals surface area contributed by atoms with Crippen molar-refractivity contribution in [2.45, 2.75) is 25.2 Å². The Balaban J connectivity index is 2.02. The summed E-state index contributed by atoms with van der Waals surface area (Å²) in [5, 5.41) is 5.51. The normalized spacial score (nSPS) is 11.3. The zero-order valence-corrected chi connectivity index (χ0v) is 17.8. The summed E-state index contributed by atoms with van der Waals surface area (Å²) >= 11 is 0. The highest BCUT2D eigenvalue weighted by molar-refractivity contribution is 7.90. The molecule has 2 rings (SSSR count). The van der Waals surface area contributed by atoms with Gasteiger partial charge in [0.1, 0.15) is 0 Å². The number of hydrogen-bond acceptors (Lipinski definition) is 5. The van der Waals surface area contributed by atoms with Gasteiger partial charge >= 0.3 is 0 Å². The molecular weight excluding hydrogens is 390 g/mol. The quantitative estimate of drug-likeness (QED) is 0.654. The number of amides is 2. The molecule has 2 amide bonds. The Morgan fingerprint density at radius 3 is 1.97 bits per heavy atom. The number of carbonyl (C=O) groups is 2. The van der Waals surface area contributed by atoms with Crippen molar-refractivity contribution in [3.63, 3.8) is 0 Å². The molecule has 29 heavy (non-hydrogen) atoms. The number of anilines is 2. The fourth-order valence-electron chi connectivity index (χ4n) is 2.92. The van der Waals surface area contributed by atoms with Crippen LogP contribution in [0, 0.1) is 6.92 Å². The van der Waals surface area contributed by atoms with Crippen molar-refractivity contribution < 1.29 is 18.0 Å². The standard InChI is InChI=1S/C21H27N3O4S/c1-4-13-24(14-20(25)22-17-10-6-5-9-16(17)2)15-21(26)23-18-11-7-8-12-19(18)29(3,27)28/h5-12H,4,13-15H2,1-3H3,(H,22,25)(H,23,26). The van der Waals surface area contributed by atoms with E-state index in [9.17, 15) is 18.0 Å². The van der Waals surface area contributed by atoms with E-state index in [1.807, 2.05) is 38.1 Å². The molecule has 0 aliphatic carbocycles. The number of hydrogen-bond donors (Lipinski definition) is 2. The van der Waals surface area contributed by atoms with Crippen molar-refractivity contribution in [2.24, 2.45) is 0 Å². The van der Waals surface area contributed by atoms with Crippen LogP contribution in [-0.2, 0) is 19.4 Å². The maximum absolute atomic E-state index is 12.5. The Morgan fingerprint density at radius 2 is 1.41 bits per heavy atom. The predicted molar refractivity (Wildman–Crippen MR) is 115 cm³/mol. The molecular formula is C21H27N3O4S. The lowest BCUT2D eigenvalue weighted by Crippen LogP contribution is -2.39. The van der Waals surface area contributed by atoms with Crippen LogP contribution in [0.25, 0.3) is 0 Å². The highest BCUT2D eigenvalue weighted by Crippen LogP contribution is 2.20. The van der Waals surface area contributed by atoms with Gasteiger partial charge in [-0.15, -0.1) is 0 Å². The molecule has 0 atom stereocenters. The van der Waals surface area contributed by atoms with Crippen molar-refractivity contribution in [1.29, 1.82) is 0 Å². The maximum atomic E-state index is 12.5. The number of aryl methyl sites for hydroxylation is 1. The Labute approximate surface area is 172 Å². The number of nitrogens with one attached hydrogen (secondary N) is 2. The van der Waals surface area contributed by atoms with Gasteiger partial charge in [0.05, 0.1) is 23.7 Å². The Hall–Kier alpha value is -2.71. The first-order chi connectivity index (χ1) is 13.7. The summed E-state index contributed by atoms with van der Waals surface area (Å²) in [6.07, 6.45) is 1.86. The van der Waals surface area contributed by atoms with Gasteiger partial charge in [0.25, 0.3) is 0 Å². The number of rotatable bonds is 9. The van der Waals surface area contributed by atoms with Crippen LogP contribution in [0.2, 0.25) is 0 Å². The number of sulfone groups is 1. The summed E-state index contributed by atoms with van der Waals surface area (Å²) in [5.74, 6) is -0.588. The van der Waals surface area contributed by atoms with E-state index >= 15 is 0 Å². The monoisotopic (exact) mass is 417 g/mol. The first kappa shape index (κ1) is 22.6. The van der Waals surface area contributed by atoms with Crippen molar-refractivity contribution in [3.05, 3.63) is 54.1 Å². The largest absolute Gasteiger partial charge is 0.325 e. The van der Waals surface area contributed by atoms with E-state index in [4.69, 9.17) is 0 Å². The summed E-state index contributed by atoms with van der Waals surface area (Å²) in [6, 6.07) is 13.7. The summed E-state index contributed by atoms with van der Waals surface area (Å²) in [7, 11) is -3.47. The van der Waals surface area contributed by atoms with E-state index in [0.29, 0.717) is 6.54 Å². The molecule has 0 radical (unpaired) electrons. The lowest BCUT2D eigenvalue weighted by molar-refractivity contribution is -0.120. The predicted octanol–water partition coefficient (Wildman–Crippen LogP) is 2.69. The minimum Gasteiger partial charge on any atom is -0.325 e. The zero-order valence-electron chi connectivity index (χ0n) is 16.9. The molecule has 156 valence electrons. The van der Waals surface area contributed by atoms with Gasteiger partial charge in [0, 0.05) is 11.9 Å². The van der Waals surface area contributed by atoms with Crippen LogP contribution in [0.5, 0.6) is 0 Å². The molecule has 2 aromatic rings. The molecule has 0 aliphatic heterocycles. The highest BCUT2D eigenvalue weighted by atomic mass is 32.2. The van der Waals surface area contributed by atoms with Crippen molar-refractivity contribution in [3.8, 4) is 0 Å². The molecule has 0 heterocycles. The van der Waals surface area contributed by atoms with Crippen molar-refractivity contribution in [1.82, 2.24) is 4.90 Å². The lowest BCUT2D eigenvalue weighted by atomic mass is 10.2. The molecule has 0 saturated carbocycles. The van der Waals surface area contributed by atoms with Gasteiger partial charge in [0.2, 0.25) is 11.8 Å². The van der Waals surface area contributed by atoms with Crippen LogP contribution in [0.4, 0.5) is 11.4 Å². The van der Waals surface area contributed by atoms with Crippen LogP contribution < -0.4 is 10.6 Å². The SMILES string of the molecule is CCCN(CC(=O)Nc1ccccc1C)CC(=O)Nc1ccccc1S(C)(=O)=O. The van der Waals surface area contributed by atoms with Crippen molar-refractivity contribution >= 4 is 33.0 Å². The van der Waals surface area contributed by atoms with Gasteiger partial charge in [-0.3, -0.25) is 14.5 Å². The first-order valence-electron chi connectivity index (χ1n) is 9.37.